The summed E-state index contributed by atoms with van der Waals surface area (Å²) in [5.74, 6) is -1.05. The van der Waals surface area contributed by atoms with Crippen molar-refractivity contribution in [1.82, 2.24) is 0 Å². The zero-order chi connectivity index (χ0) is 20.8. The molecule has 2 rings (SSSR count). The molecule has 28 heavy (non-hydrogen) atoms. The van der Waals surface area contributed by atoms with Gasteiger partial charge < -0.3 is 14.8 Å². The van der Waals surface area contributed by atoms with E-state index in [1.807, 2.05) is 39.0 Å². The van der Waals surface area contributed by atoms with E-state index in [1.54, 1.807) is 0 Å². The van der Waals surface area contributed by atoms with E-state index in [0.717, 1.165) is 11.1 Å². The fourth-order valence-corrected chi connectivity index (χ4v) is 2.62. The summed E-state index contributed by atoms with van der Waals surface area (Å²) >= 11 is 0. The van der Waals surface area contributed by atoms with E-state index in [4.69, 9.17) is 4.74 Å². The molecule has 0 aliphatic carbocycles. The molecule has 1 N–H and O–H groups in total. The summed E-state index contributed by atoms with van der Waals surface area (Å²) in [6.07, 6.45) is -1.04. The maximum absolute atomic E-state index is 12.5. The van der Waals surface area contributed by atoms with Crippen LogP contribution in [0.1, 0.15) is 48.2 Å². The fraction of sp³-hybridized carbons (Fsp3) is 0.333. The number of rotatable bonds is 7. The number of aryl methyl sites for hydroxylation is 1. The Hall–Kier alpha value is -2.96. The molecule has 5 nitrogen and oxygen atoms in total. The summed E-state index contributed by atoms with van der Waals surface area (Å²) in [4.78, 5) is 24.7. The predicted molar refractivity (Wildman–Crippen MR) is 102 cm³/mol. The van der Waals surface area contributed by atoms with Crippen molar-refractivity contribution in [3.05, 3.63) is 59.2 Å². The topological polar surface area (TPSA) is 64.6 Å². The molecule has 0 bridgehead atoms. The Morgan fingerprint density at radius 3 is 2.21 bits per heavy atom. The molecular weight excluding hydrogens is 368 g/mol. The van der Waals surface area contributed by atoms with Crippen LogP contribution in [0.2, 0.25) is 0 Å². The number of para-hydroxylation sites is 1. The second kappa shape index (κ2) is 9.30. The van der Waals surface area contributed by atoms with Gasteiger partial charge in [0.2, 0.25) is 0 Å². The first-order chi connectivity index (χ1) is 13.2. The van der Waals surface area contributed by atoms with Gasteiger partial charge in [-0.15, -0.1) is 0 Å². The Balaban J connectivity index is 2.03. The van der Waals surface area contributed by atoms with Crippen LogP contribution >= 0.6 is 0 Å². The lowest BCUT2D eigenvalue weighted by Gasteiger charge is -2.19. The molecule has 1 atom stereocenters. The smallest absolute Gasteiger partial charge is 0.387 e. The lowest BCUT2D eigenvalue weighted by atomic mass is 9.98. The monoisotopic (exact) mass is 391 g/mol. The highest BCUT2D eigenvalue weighted by molar-refractivity contribution is 5.98. The van der Waals surface area contributed by atoms with E-state index in [9.17, 15) is 18.4 Å². The molecule has 0 unspecified atom stereocenters. The average molecular weight is 391 g/mol. The van der Waals surface area contributed by atoms with Crippen LogP contribution in [0.3, 0.4) is 0 Å². The number of hydrogen-bond donors (Lipinski definition) is 1. The van der Waals surface area contributed by atoms with Gasteiger partial charge in [0, 0.05) is 5.69 Å². The fourth-order valence-electron chi connectivity index (χ4n) is 2.62. The van der Waals surface area contributed by atoms with Crippen molar-refractivity contribution >= 4 is 17.6 Å². The molecule has 2 aromatic carbocycles. The lowest BCUT2D eigenvalue weighted by Crippen LogP contribution is -2.30. The first-order valence-electron chi connectivity index (χ1n) is 8.85. The van der Waals surface area contributed by atoms with Crippen molar-refractivity contribution < 1.29 is 27.8 Å². The third-order valence-electron chi connectivity index (χ3n) is 4.14. The number of carbonyl (C=O) groups excluding carboxylic acids is 2. The second-order valence-electron chi connectivity index (χ2n) is 6.63. The van der Waals surface area contributed by atoms with Crippen molar-refractivity contribution in [2.24, 2.45) is 0 Å². The first-order valence-corrected chi connectivity index (χ1v) is 8.85. The largest absolute Gasteiger partial charge is 0.449 e. The third kappa shape index (κ3) is 5.52. The average Bonchev–Trinajstić information content (AvgIpc) is 2.63. The summed E-state index contributed by atoms with van der Waals surface area (Å²) in [6, 6.07) is 10.8. The normalized spacial score (nSPS) is 12.0. The van der Waals surface area contributed by atoms with Crippen molar-refractivity contribution in [3.63, 3.8) is 0 Å². The van der Waals surface area contributed by atoms with E-state index in [1.165, 1.54) is 31.2 Å². The molecular formula is C21H23F2NO4. The van der Waals surface area contributed by atoms with Gasteiger partial charge in [-0.1, -0.05) is 32.0 Å². The van der Waals surface area contributed by atoms with Crippen molar-refractivity contribution in [2.75, 3.05) is 5.32 Å². The predicted octanol–water partition coefficient (Wildman–Crippen LogP) is 4.90. The summed E-state index contributed by atoms with van der Waals surface area (Å²) in [7, 11) is 0. The van der Waals surface area contributed by atoms with Gasteiger partial charge in [-0.25, -0.2) is 4.79 Å². The molecule has 0 heterocycles. The molecule has 0 aromatic heterocycles. The minimum atomic E-state index is -2.95. The number of alkyl halides is 2. The van der Waals surface area contributed by atoms with Crippen LogP contribution in [0.5, 0.6) is 5.75 Å². The molecule has 7 heteroatoms. The van der Waals surface area contributed by atoms with E-state index in [-0.39, 0.29) is 17.2 Å². The lowest BCUT2D eigenvalue weighted by molar-refractivity contribution is -0.123. The van der Waals surface area contributed by atoms with Gasteiger partial charge in [-0.05, 0) is 55.2 Å². The Labute approximate surface area is 162 Å². The molecule has 2 aromatic rings. The van der Waals surface area contributed by atoms with Gasteiger partial charge in [0.05, 0.1) is 5.56 Å². The highest BCUT2D eigenvalue weighted by atomic mass is 19.3. The number of esters is 1. The molecule has 0 saturated carbocycles. The van der Waals surface area contributed by atoms with E-state index >= 15 is 0 Å². The van der Waals surface area contributed by atoms with Crippen LogP contribution in [0.15, 0.2) is 42.5 Å². The summed E-state index contributed by atoms with van der Waals surface area (Å²) < 4.78 is 33.8. The quantitative estimate of drug-likeness (QED) is 0.682. The number of nitrogens with one attached hydrogen (secondary N) is 1. The molecule has 0 spiro atoms. The molecule has 150 valence electrons. The number of halogens is 2. The van der Waals surface area contributed by atoms with Gasteiger partial charge in [0.25, 0.3) is 5.91 Å². The number of amides is 1. The first kappa shape index (κ1) is 21.3. The van der Waals surface area contributed by atoms with Gasteiger partial charge in [-0.3, -0.25) is 4.79 Å². The minimum Gasteiger partial charge on any atom is -0.449 e. The van der Waals surface area contributed by atoms with Crippen molar-refractivity contribution in [2.45, 2.75) is 46.3 Å². The zero-order valence-corrected chi connectivity index (χ0v) is 16.2. The number of carbonyl (C=O) groups is 2. The summed E-state index contributed by atoms with van der Waals surface area (Å²) in [5, 5.41) is 2.83. The van der Waals surface area contributed by atoms with Crippen LogP contribution in [-0.4, -0.2) is 24.6 Å². The Bertz CT molecular complexity index is 835. The number of ether oxygens (including phenoxy) is 2. The molecule has 0 radical (unpaired) electrons. The van der Waals surface area contributed by atoms with Crippen molar-refractivity contribution in [1.29, 1.82) is 0 Å². The van der Waals surface area contributed by atoms with Crippen LogP contribution in [0.4, 0.5) is 14.5 Å². The zero-order valence-electron chi connectivity index (χ0n) is 16.2. The van der Waals surface area contributed by atoms with Gasteiger partial charge in [-0.2, -0.15) is 8.78 Å². The van der Waals surface area contributed by atoms with Crippen LogP contribution in [0.25, 0.3) is 0 Å². The van der Waals surface area contributed by atoms with E-state index in [2.05, 4.69) is 10.1 Å². The van der Waals surface area contributed by atoms with Crippen LogP contribution in [0, 0.1) is 6.92 Å². The number of anilines is 1. The van der Waals surface area contributed by atoms with Gasteiger partial charge >= 0.3 is 12.6 Å². The Kier molecular flexibility index (Phi) is 7.09. The van der Waals surface area contributed by atoms with Crippen LogP contribution < -0.4 is 10.1 Å². The maximum atomic E-state index is 12.5. The molecule has 0 aliphatic rings. The second-order valence-corrected chi connectivity index (χ2v) is 6.63. The van der Waals surface area contributed by atoms with Gasteiger partial charge in [0.1, 0.15) is 5.75 Å². The highest BCUT2D eigenvalue weighted by Crippen LogP contribution is 2.27. The molecule has 0 fully saturated rings. The third-order valence-corrected chi connectivity index (χ3v) is 4.14. The van der Waals surface area contributed by atoms with Crippen molar-refractivity contribution in [3.8, 4) is 5.75 Å². The standard InChI is InChI=1S/C21H23F2NO4/c1-12(2)17-7-5-6-13(3)18(17)24-19(25)14(4)27-20(26)15-8-10-16(11-9-15)28-21(22)23/h5-12,14,21H,1-4H3,(H,24,25)/t14-/m1/s1. The molecule has 1 amide bonds. The molecule has 0 saturated heterocycles. The summed E-state index contributed by atoms with van der Waals surface area (Å²) in [5.41, 5.74) is 2.73. The van der Waals surface area contributed by atoms with Gasteiger partial charge in [0.15, 0.2) is 6.10 Å². The Morgan fingerprint density at radius 1 is 1.00 bits per heavy atom. The van der Waals surface area contributed by atoms with Crippen LogP contribution in [-0.2, 0) is 9.53 Å². The minimum absolute atomic E-state index is 0.0712. The Morgan fingerprint density at radius 2 is 1.64 bits per heavy atom. The van der Waals surface area contributed by atoms with E-state index < -0.39 is 24.6 Å². The maximum Gasteiger partial charge on any atom is 0.387 e. The number of benzene rings is 2. The summed E-state index contributed by atoms with van der Waals surface area (Å²) in [6.45, 7) is 4.46. The van der Waals surface area contributed by atoms with E-state index in [0.29, 0.717) is 5.69 Å². The number of hydrogen-bond acceptors (Lipinski definition) is 4. The highest BCUT2D eigenvalue weighted by Gasteiger charge is 2.21. The SMILES string of the molecule is Cc1cccc(C(C)C)c1NC(=O)[C@@H](C)OC(=O)c1ccc(OC(F)F)cc1. The molecule has 0 aliphatic heterocycles.